The number of fused-ring (bicyclic) bond motifs is 1. The van der Waals surface area contributed by atoms with Gasteiger partial charge in [0.1, 0.15) is 0 Å². The number of likely N-dealkylation sites (N-methyl/N-ethyl adjacent to an activating group) is 1. The first-order valence-electron chi connectivity index (χ1n) is 12.0. The smallest absolute Gasteiger partial charge is 0.349 e. The highest BCUT2D eigenvalue weighted by molar-refractivity contribution is 8.18. The van der Waals surface area contributed by atoms with Crippen molar-refractivity contribution in [2.45, 2.75) is 26.1 Å². The van der Waals surface area contributed by atoms with Crippen LogP contribution in [0.15, 0.2) is 52.5 Å². The van der Waals surface area contributed by atoms with Gasteiger partial charge in [-0.3, -0.25) is 9.48 Å². The summed E-state index contributed by atoms with van der Waals surface area (Å²) < 4.78 is 42.1. The third-order valence-electron chi connectivity index (χ3n) is 6.58. The number of hydrogen-bond donors (Lipinski definition) is 0. The number of benzene rings is 2. The summed E-state index contributed by atoms with van der Waals surface area (Å²) in [4.78, 5) is 22.0. The Morgan fingerprint density at radius 1 is 1.11 bits per heavy atom. The van der Waals surface area contributed by atoms with Gasteiger partial charge in [0.05, 0.1) is 28.7 Å². The highest BCUT2D eigenvalue weighted by Gasteiger charge is 2.33. The van der Waals surface area contributed by atoms with Crippen LogP contribution in [0.1, 0.15) is 30.0 Å². The maximum Gasteiger partial charge on any atom is 0.416 e. The molecule has 2 aromatic carbocycles. The molecule has 1 amide bonds. The molecule has 2 aliphatic rings. The topological polar surface area (TPSA) is 53.7 Å². The van der Waals surface area contributed by atoms with Crippen LogP contribution in [0.5, 0.6) is 0 Å². The van der Waals surface area contributed by atoms with Gasteiger partial charge in [0.25, 0.3) is 5.91 Å². The molecule has 0 saturated carbocycles. The second-order valence-corrected chi connectivity index (χ2v) is 10.5. The van der Waals surface area contributed by atoms with E-state index in [0.717, 1.165) is 61.3 Å². The molecule has 2 aliphatic heterocycles. The predicted octanol–water partition coefficient (Wildman–Crippen LogP) is 5.75. The van der Waals surface area contributed by atoms with E-state index < -0.39 is 11.7 Å². The number of rotatable bonds is 4. The lowest BCUT2D eigenvalue weighted by Gasteiger charge is -2.21. The molecule has 0 aliphatic carbocycles. The monoisotopic (exact) mass is 547 g/mol. The van der Waals surface area contributed by atoms with Gasteiger partial charge in [-0.15, -0.1) is 0 Å². The van der Waals surface area contributed by atoms with E-state index in [4.69, 9.17) is 11.6 Å². The predicted molar refractivity (Wildman–Crippen MR) is 142 cm³/mol. The van der Waals surface area contributed by atoms with Crippen molar-refractivity contribution in [2.24, 2.45) is 4.99 Å². The molecule has 11 heteroatoms. The highest BCUT2D eigenvalue weighted by atomic mass is 35.5. The Labute approximate surface area is 221 Å². The number of carbonyl (C=O) groups excluding carboxylic acids is 1. The van der Waals surface area contributed by atoms with Crippen LogP contribution in [-0.4, -0.2) is 63.4 Å². The van der Waals surface area contributed by atoms with Gasteiger partial charge in [0.15, 0.2) is 5.17 Å². The fourth-order valence-electron chi connectivity index (χ4n) is 4.60. The van der Waals surface area contributed by atoms with Crippen molar-refractivity contribution in [1.82, 2.24) is 19.6 Å². The van der Waals surface area contributed by atoms with Crippen molar-refractivity contribution in [3.63, 3.8) is 0 Å². The molecule has 194 valence electrons. The second-order valence-electron chi connectivity index (χ2n) is 9.00. The molecule has 0 spiro atoms. The van der Waals surface area contributed by atoms with Crippen LogP contribution < -0.4 is 0 Å². The van der Waals surface area contributed by atoms with Gasteiger partial charge in [0.2, 0.25) is 0 Å². The van der Waals surface area contributed by atoms with Crippen molar-refractivity contribution in [3.05, 3.63) is 69.2 Å². The normalized spacial score (nSPS) is 18.6. The molecule has 0 bridgehead atoms. The van der Waals surface area contributed by atoms with E-state index in [9.17, 15) is 18.0 Å². The number of nitrogens with zero attached hydrogens (tertiary/aromatic N) is 5. The standard InChI is InChI=1S/C26H25ClF3N5OS/c1-2-33-8-3-9-34(11-10-33)25-32-24(36)23(37-25)13-17-4-7-22-19(12-17)15-31-35(22)16-18-5-6-20(27)14-21(18)26(28,29)30/h4-7,12-15H,2-3,8-11,16H2,1H3/b23-13-. The molecule has 3 heterocycles. The minimum Gasteiger partial charge on any atom is -0.349 e. The first-order chi connectivity index (χ1) is 17.7. The Kier molecular flexibility index (Phi) is 7.33. The Hall–Kier alpha value is -2.82. The number of amides is 1. The van der Waals surface area contributed by atoms with Crippen LogP contribution in [0.3, 0.4) is 0 Å². The minimum absolute atomic E-state index is 0.0318. The SMILES string of the molecule is CCN1CCCN(C2=NC(=O)/C(=C/c3ccc4c(cnn4Cc4ccc(Cl)cc4C(F)(F)F)c3)S2)CC1. The average molecular weight is 548 g/mol. The van der Waals surface area contributed by atoms with Gasteiger partial charge in [-0.05, 0) is 72.7 Å². The van der Waals surface area contributed by atoms with Gasteiger partial charge in [-0.1, -0.05) is 30.7 Å². The maximum atomic E-state index is 13.5. The zero-order chi connectivity index (χ0) is 26.2. The van der Waals surface area contributed by atoms with E-state index in [1.54, 1.807) is 18.3 Å². The van der Waals surface area contributed by atoms with Gasteiger partial charge in [0, 0.05) is 30.0 Å². The summed E-state index contributed by atoms with van der Waals surface area (Å²) in [7, 11) is 0. The fraction of sp³-hybridized carbons (Fsp3) is 0.346. The number of alkyl halides is 3. The lowest BCUT2D eigenvalue weighted by Crippen LogP contribution is -2.33. The molecule has 6 nitrogen and oxygen atoms in total. The van der Waals surface area contributed by atoms with Gasteiger partial charge in [-0.2, -0.15) is 23.3 Å². The number of aromatic nitrogens is 2. The lowest BCUT2D eigenvalue weighted by atomic mass is 10.1. The number of halogens is 4. The summed E-state index contributed by atoms with van der Waals surface area (Å²) in [6.45, 7) is 6.83. The van der Waals surface area contributed by atoms with Crippen LogP contribution in [0, 0.1) is 0 Å². The second kappa shape index (κ2) is 10.5. The molecule has 1 saturated heterocycles. The number of hydrogen-bond acceptors (Lipinski definition) is 5. The number of amidine groups is 1. The fourth-order valence-corrected chi connectivity index (χ4v) is 5.73. The Morgan fingerprint density at radius 2 is 1.95 bits per heavy atom. The first-order valence-corrected chi connectivity index (χ1v) is 13.2. The molecule has 0 unspecified atom stereocenters. The quantitative estimate of drug-likeness (QED) is 0.389. The lowest BCUT2D eigenvalue weighted by molar-refractivity contribution is -0.138. The van der Waals surface area contributed by atoms with Gasteiger partial charge in [-0.25, -0.2) is 0 Å². The van der Waals surface area contributed by atoms with E-state index in [2.05, 4.69) is 26.8 Å². The van der Waals surface area contributed by atoms with Crippen molar-refractivity contribution >= 4 is 51.4 Å². The van der Waals surface area contributed by atoms with Crippen LogP contribution in [0.25, 0.3) is 17.0 Å². The molecule has 5 rings (SSSR count). The summed E-state index contributed by atoms with van der Waals surface area (Å²) in [5, 5.41) is 5.85. The molecule has 0 N–H and O–H groups in total. The maximum absolute atomic E-state index is 13.5. The van der Waals surface area contributed by atoms with Crippen molar-refractivity contribution in [1.29, 1.82) is 0 Å². The van der Waals surface area contributed by atoms with Crippen molar-refractivity contribution in [3.8, 4) is 0 Å². The molecule has 1 fully saturated rings. The van der Waals surface area contributed by atoms with Gasteiger partial charge < -0.3 is 9.80 Å². The highest BCUT2D eigenvalue weighted by Crippen LogP contribution is 2.35. The van der Waals surface area contributed by atoms with Crippen LogP contribution in [0.4, 0.5) is 13.2 Å². The summed E-state index contributed by atoms with van der Waals surface area (Å²) in [5.74, 6) is -0.255. The molecule has 0 atom stereocenters. The Balaban J connectivity index is 1.33. The summed E-state index contributed by atoms with van der Waals surface area (Å²) in [6.07, 6.45) is -0.0698. The Bertz CT molecular complexity index is 1400. The summed E-state index contributed by atoms with van der Waals surface area (Å²) in [6, 6.07) is 9.26. The van der Waals surface area contributed by atoms with Crippen LogP contribution in [-0.2, 0) is 17.5 Å². The van der Waals surface area contributed by atoms with E-state index in [1.165, 1.54) is 28.6 Å². The van der Waals surface area contributed by atoms with Crippen LogP contribution in [0.2, 0.25) is 5.02 Å². The number of carbonyl (C=O) groups is 1. The van der Waals surface area contributed by atoms with E-state index >= 15 is 0 Å². The Morgan fingerprint density at radius 3 is 2.73 bits per heavy atom. The van der Waals surface area contributed by atoms with E-state index in [0.29, 0.717) is 10.4 Å². The summed E-state index contributed by atoms with van der Waals surface area (Å²) in [5.41, 5.74) is 0.804. The van der Waals surface area contributed by atoms with Crippen molar-refractivity contribution < 1.29 is 18.0 Å². The van der Waals surface area contributed by atoms with Gasteiger partial charge >= 0.3 is 6.18 Å². The summed E-state index contributed by atoms with van der Waals surface area (Å²) >= 11 is 7.19. The number of thioether (sulfide) groups is 1. The zero-order valence-corrected chi connectivity index (χ0v) is 21.7. The largest absolute Gasteiger partial charge is 0.416 e. The molecule has 0 radical (unpaired) electrons. The van der Waals surface area contributed by atoms with E-state index in [1.807, 2.05) is 12.1 Å². The van der Waals surface area contributed by atoms with Crippen LogP contribution >= 0.6 is 23.4 Å². The van der Waals surface area contributed by atoms with Crippen molar-refractivity contribution in [2.75, 3.05) is 32.7 Å². The number of aliphatic imine (C=N–C) groups is 1. The molecule has 1 aromatic heterocycles. The zero-order valence-electron chi connectivity index (χ0n) is 20.1. The molecule has 3 aromatic rings. The minimum atomic E-state index is -4.52. The molecule has 37 heavy (non-hydrogen) atoms. The third-order valence-corrected chi connectivity index (χ3v) is 7.86. The molecular weight excluding hydrogens is 523 g/mol. The molecular formula is C26H25ClF3N5OS. The third kappa shape index (κ3) is 5.71. The average Bonchev–Trinajstić information content (AvgIpc) is 3.32. The first kappa shape index (κ1) is 25.8. The van der Waals surface area contributed by atoms with E-state index in [-0.39, 0.29) is 23.0 Å².